The van der Waals surface area contributed by atoms with E-state index in [1.165, 1.54) is 19.2 Å². The molecule has 0 bridgehead atoms. The molecule has 0 saturated carbocycles. The van der Waals surface area contributed by atoms with E-state index in [1.54, 1.807) is 0 Å². The summed E-state index contributed by atoms with van der Waals surface area (Å²) in [6, 6.07) is 12.4. The molecule has 0 amide bonds. The normalized spacial score (nSPS) is 11.5. The number of furan rings is 1. The van der Waals surface area contributed by atoms with Gasteiger partial charge in [0.25, 0.3) is 0 Å². The van der Waals surface area contributed by atoms with E-state index in [0.29, 0.717) is 0 Å². The molecule has 2 aromatic carbocycles. The molecule has 0 fully saturated rings. The van der Waals surface area contributed by atoms with Gasteiger partial charge in [0.15, 0.2) is 0 Å². The van der Waals surface area contributed by atoms with Crippen molar-refractivity contribution in [3.05, 3.63) is 36.4 Å². The topological polar surface area (TPSA) is 13.1 Å². The van der Waals surface area contributed by atoms with Crippen molar-refractivity contribution in [2.45, 2.75) is 0 Å². The zero-order valence-electron chi connectivity index (χ0n) is 8.87. The third-order valence-electron chi connectivity index (χ3n) is 3.07. The number of para-hydroxylation sites is 1. The summed E-state index contributed by atoms with van der Waals surface area (Å²) in [6.45, 7) is 0. The molecule has 1 nitrogen and oxygen atoms in total. The van der Waals surface area contributed by atoms with Crippen molar-refractivity contribution in [1.29, 1.82) is 0 Å². The molecule has 0 N–H and O–H groups in total. The predicted octanol–water partition coefficient (Wildman–Crippen LogP) is 1.17. The quantitative estimate of drug-likeness (QED) is 0.473. The fourth-order valence-electron chi connectivity index (χ4n) is 2.09. The molecule has 1 aromatic heterocycles. The van der Waals surface area contributed by atoms with Crippen LogP contribution in [0.2, 0.25) is 0 Å². The van der Waals surface area contributed by atoms with Crippen LogP contribution in [0.25, 0.3) is 21.9 Å². The van der Waals surface area contributed by atoms with Crippen molar-refractivity contribution in [1.82, 2.24) is 0 Å². The van der Waals surface area contributed by atoms with Crippen LogP contribution >= 0.6 is 0 Å². The molecule has 15 heavy (non-hydrogen) atoms. The summed E-state index contributed by atoms with van der Waals surface area (Å²) < 4.78 is 8.42. The van der Waals surface area contributed by atoms with Crippen molar-refractivity contribution in [2.75, 3.05) is 0 Å². The predicted molar refractivity (Wildman–Crippen MR) is 64.5 cm³/mol. The van der Waals surface area contributed by atoms with Crippen molar-refractivity contribution in [3.8, 4) is 0 Å². The maximum absolute atomic E-state index is 5.79. The summed E-state index contributed by atoms with van der Waals surface area (Å²) in [6.07, 6.45) is 0. The molecule has 0 spiro atoms. The molecular weight excluding hydrogens is 174 g/mol. The first kappa shape index (κ1) is 9.65. The molecule has 0 aliphatic heterocycles. The molecule has 0 aliphatic carbocycles. The van der Waals surface area contributed by atoms with Crippen LogP contribution in [0.3, 0.4) is 0 Å². The summed E-state index contributed by atoms with van der Waals surface area (Å²) in [5.74, 6) is 0. The van der Waals surface area contributed by atoms with Crippen molar-refractivity contribution < 1.29 is 4.42 Å². The summed E-state index contributed by atoms with van der Waals surface area (Å²) in [5, 5.41) is 2.47. The van der Waals surface area contributed by atoms with E-state index in [1.807, 2.05) is 12.1 Å². The van der Waals surface area contributed by atoms with E-state index in [-0.39, 0.29) is 0 Å². The Morgan fingerprint density at radius 1 is 0.867 bits per heavy atom. The fraction of sp³-hybridized carbons (Fsp3) is 0. The van der Waals surface area contributed by atoms with E-state index >= 15 is 0 Å². The van der Waals surface area contributed by atoms with Crippen LogP contribution in [0.4, 0.5) is 0 Å². The molecule has 0 unspecified atom stereocenters. The minimum atomic E-state index is 0.973. The molecule has 0 atom stereocenters. The van der Waals surface area contributed by atoms with Gasteiger partial charge >= 0.3 is 107 Å². The average molecular weight is 180 g/mol. The van der Waals surface area contributed by atoms with Crippen molar-refractivity contribution >= 4 is 65.8 Å². The van der Waals surface area contributed by atoms with Gasteiger partial charge in [0.05, 0.1) is 0 Å². The average Bonchev–Trinajstić information content (AvgIpc) is 2.62. The third kappa shape index (κ3) is 1.40. The van der Waals surface area contributed by atoms with E-state index in [9.17, 15) is 0 Å². The number of fused-ring (bicyclic) bond motifs is 3. The van der Waals surface area contributed by atoms with Crippen LogP contribution in [0.5, 0.6) is 0 Å². The molecular formula is C12H6Li2O. The van der Waals surface area contributed by atoms with E-state index < -0.39 is 0 Å². The second-order valence-electron chi connectivity index (χ2n) is 3.98. The van der Waals surface area contributed by atoms with Crippen molar-refractivity contribution in [3.63, 3.8) is 0 Å². The summed E-state index contributed by atoms with van der Waals surface area (Å²) in [5.41, 5.74) is 1.96. The number of benzene rings is 2. The van der Waals surface area contributed by atoms with Gasteiger partial charge in [-0.2, -0.15) is 0 Å². The van der Waals surface area contributed by atoms with Gasteiger partial charge in [-0.15, -0.1) is 0 Å². The first-order valence-electron chi connectivity index (χ1n) is 5.15. The fourth-order valence-corrected chi connectivity index (χ4v) is 2.09. The Kier molecular flexibility index (Phi) is 2.24. The Labute approximate surface area is 106 Å². The zero-order valence-corrected chi connectivity index (χ0v) is 8.87. The molecule has 3 heteroatoms. The molecule has 3 aromatic rings. The Hall–Kier alpha value is -0.565. The van der Waals surface area contributed by atoms with Crippen LogP contribution in [-0.2, 0) is 0 Å². The minimum absolute atomic E-state index is 0.973. The number of rotatable bonds is 0. The maximum atomic E-state index is 5.79. The van der Waals surface area contributed by atoms with E-state index in [2.05, 4.69) is 59.7 Å². The Morgan fingerprint density at radius 3 is 2.53 bits per heavy atom. The Morgan fingerprint density at radius 2 is 1.67 bits per heavy atom. The monoisotopic (exact) mass is 180 g/mol. The molecule has 3 rings (SSSR count). The van der Waals surface area contributed by atoms with Gasteiger partial charge in [0.2, 0.25) is 0 Å². The van der Waals surface area contributed by atoms with Crippen LogP contribution < -0.4 is 8.47 Å². The SMILES string of the molecule is [Li][c]1ccc2oc3ccccc3c2[c]1[Li]. The third-order valence-corrected chi connectivity index (χ3v) is 3.07. The number of hydrogen-bond acceptors (Lipinski definition) is 1. The summed E-state index contributed by atoms with van der Waals surface area (Å²) in [4.78, 5) is 0. The van der Waals surface area contributed by atoms with E-state index in [0.717, 1.165) is 11.2 Å². The zero-order chi connectivity index (χ0) is 10.4. The second kappa shape index (κ2) is 3.48. The molecule has 62 valence electrons. The number of hydrogen-bond donors (Lipinski definition) is 0. The van der Waals surface area contributed by atoms with Crippen molar-refractivity contribution in [2.24, 2.45) is 0 Å². The van der Waals surface area contributed by atoms with Crippen LogP contribution in [0.1, 0.15) is 0 Å². The summed E-state index contributed by atoms with van der Waals surface area (Å²) in [7, 11) is 0. The molecule has 0 saturated heterocycles. The van der Waals surface area contributed by atoms with Crippen LogP contribution in [-0.4, -0.2) is 35.4 Å². The van der Waals surface area contributed by atoms with E-state index in [4.69, 9.17) is 4.42 Å². The molecule has 1 heterocycles. The van der Waals surface area contributed by atoms with Gasteiger partial charge in [0.1, 0.15) is 0 Å². The first-order chi connectivity index (χ1) is 7.27. The summed E-state index contributed by atoms with van der Waals surface area (Å²) >= 11 is 4.29. The van der Waals surface area contributed by atoms with Crippen LogP contribution in [0.15, 0.2) is 40.8 Å². The van der Waals surface area contributed by atoms with Gasteiger partial charge in [-0.3, -0.25) is 0 Å². The Balaban J connectivity index is 2.63. The standard InChI is InChI=1S/C12H6O.2Li/c1-3-7-11-9(5-1)10-6-2-4-8-12(10)13-11;;/h1,3-5,7-8H;;. The Bertz CT molecular complexity index is 655. The second-order valence-corrected chi connectivity index (χ2v) is 3.98. The molecule has 0 aliphatic rings. The van der Waals surface area contributed by atoms with Gasteiger partial charge in [-0.1, -0.05) is 0 Å². The van der Waals surface area contributed by atoms with Gasteiger partial charge in [-0.05, 0) is 0 Å². The van der Waals surface area contributed by atoms with Gasteiger partial charge in [-0.25, -0.2) is 0 Å². The van der Waals surface area contributed by atoms with Crippen LogP contribution in [0, 0.1) is 0 Å². The van der Waals surface area contributed by atoms with Gasteiger partial charge in [0, 0.05) is 0 Å². The first-order valence-corrected chi connectivity index (χ1v) is 5.15. The molecule has 0 radical (unpaired) electrons. The van der Waals surface area contributed by atoms with Gasteiger partial charge < -0.3 is 0 Å².